The van der Waals surface area contributed by atoms with E-state index in [0.717, 1.165) is 0 Å². The molecule has 0 heterocycles. The predicted molar refractivity (Wildman–Crippen MR) is 14.8 cm³/mol. The van der Waals surface area contributed by atoms with E-state index in [9.17, 15) is 0 Å². The molecule has 0 fully saturated rings. The van der Waals surface area contributed by atoms with Crippen molar-refractivity contribution in [2.24, 2.45) is 0 Å². The Bertz CT molecular complexity index is 8.00. The van der Waals surface area contributed by atoms with Gasteiger partial charge in [-0.2, -0.15) is 0 Å². The van der Waals surface area contributed by atoms with E-state index in [2.05, 4.69) is 0 Å². The summed E-state index contributed by atoms with van der Waals surface area (Å²) in [6.07, 6.45) is 0. The molecular formula is HFeNaOP. The molecule has 0 amide bonds. The second-order valence-electron chi connectivity index (χ2n) is 0. The summed E-state index contributed by atoms with van der Waals surface area (Å²) in [5.41, 5.74) is 0. The van der Waals surface area contributed by atoms with Crippen LogP contribution in [-0.4, -0.2) is 29.6 Å². The molecule has 0 saturated heterocycles. The Morgan fingerprint density at radius 2 is 1.25 bits per heavy atom. The summed E-state index contributed by atoms with van der Waals surface area (Å²) in [4.78, 5) is 0. The number of hydrogen-bond donors (Lipinski definition) is 0. The van der Waals surface area contributed by atoms with Crippen LogP contribution in [0.2, 0.25) is 0 Å². The maximum atomic E-state index is 8.06. The van der Waals surface area contributed by atoms with Crippen LogP contribution in [0.3, 0.4) is 0 Å². The molecule has 0 aromatic heterocycles. The van der Waals surface area contributed by atoms with Gasteiger partial charge in [0.1, 0.15) is 9.12 Å². The van der Waals surface area contributed by atoms with Crippen LogP contribution in [0.25, 0.3) is 0 Å². The minimum Gasteiger partial charge on any atom is -0.279 e. The topological polar surface area (TPSA) is 17.1 Å². The molecule has 0 rings (SSSR count). The van der Waals surface area contributed by atoms with Crippen molar-refractivity contribution in [2.75, 3.05) is 0 Å². The Morgan fingerprint density at radius 3 is 1.25 bits per heavy atom. The number of rotatable bonds is 0. The van der Waals surface area contributed by atoms with E-state index in [1.807, 2.05) is 0 Å². The first kappa shape index (κ1) is 17.5. The Balaban J connectivity index is -0.00000000500. The van der Waals surface area contributed by atoms with Crippen LogP contribution in [0.4, 0.5) is 0 Å². The quantitative estimate of drug-likeness (QED) is 0.332. The van der Waals surface area contributed by atoms with Gasteiger partial charge in [-0.3, -0.25) is 4.57 Å². The Kier molecular flexibility index (Phi) is 101. The molecule has 0 aromatic rings. The van der Waals surface area contributed by atoms with Crippen LogP contribution < -0.4 is 0 Å². The van der Waals surface area contributed by atoms with Crippen molar-refractivity contribution < 1.29 is 21.6 Å². The predicted octanol–water partition coefficient (Wildman–Crippen LogP) is 0.0914. The van der Waals surface area contributed by atoms with E-state index in [1.165, 1.54) is 0 Å². The first-order valence-electron chi connectivity index (χ1n) is 0.204. The second kappa shape index (κ2) is 23.1. The van der Waals surface area contributed by atoms with Crippen molar-refractivity contribution in [2.45, 2.75) is 0 Å². The summed E-state index contributed by atoms with van der Waals surface area (Å²) in [6, 6.07) is 0. The third-order valence-electron chi connectivity index (χ3n) is 0. The number of hydrogen-bond acceptors (Lipinski definition) is 1. The third kappa shape index (κ3) is 9.47. The SMILES string of the molecule is O=P.[Fe].[Na]. The van der Waals surface area contributed by atoms with Gasteiger partial charge in [-0.1, -0.05) is 0 Å². The summed E-state index contributed by atoms with van der Waals surface area (Å²) >= 11 is 0. The minimum absolute atomic E-state index is 0. The molecule has 0 aliphatic rings. The first-order valence-corrected chi connectivity index (χ1v) is 0.612. The van der Waals surface area contributed by atoms with Gasteiger partial charge in [0.2, 0.25) is 0 Å². The van der Waals surface area contributed by atoms with Crippen molar-refractivity contribution in [3.63, 3.8) is 0 Å². The van der Waals surface area contributed by atoms with Gasteiger partial charge in [0.15, 0.2) is 0 Å². The van der Waals surface area contributed by atoms with E-state index < -0.39 is 0 Å². The average molecular weight is 127 g/mol. The standard InChI is InChI=1S/Fe.Na.HOP/c;;1-2/h;;2H. The average Bonchev–Trinajstić information content (AvgIpc) is 1.00. The fourth-order valence-electron chi connectivity index (χ4n) is 0. The monoisotopic (exact) mass is 127 g/mol. The maximum absolute atomic E-state index is 8.06. The van der Waals surface area contributed by atoms with Crippen LogP contribution in [0.1, 0.15) is 0 Å². The zero-order chi connectivity index (χ0) is 2.00. The smallest absolute Gasteiger partial charge is 0.138 e. The van der Waals surface area contributed by atoms with Crippen LogP contribution in [0.15, 0.2) is 0 Å². The largest absolute Gasteiger partial charge is 0.279 e. The molecule has 0 unspecified atom stereocenters. The molecule has 0 aliphatic heterocycles. The molecule has 0 bridgehead atoms. The van der Waals surface area contributed by atoms with Crippen LogP contribution in [0.5, 0.6) is 0 Å². The van der Waals surface area contributed by atoms with Crippen molar-refractivity contribution in [1.29, 1.82) is 0 Å². The van der Waals surface area contributed by atoms with Crippen LogP contribution >= 0.6 is 9.12 Å². The molecular weight excluding hydrogens is 126 g/mol. The Hall–Kier alpha value is 1.62. The van der Waals surface area contributed by atoms with E-state index in [1.54, 1.807) is 9.12 Å². The van der Waals surface area contributed by atoms with Gasteiger partial charge < -0.3 is 0 Å². The van der Waals surface area contributed by atoms with Crippen molar-refractivity contribution >= 4 is 38.7 Å². The zero-order valence-electron chi connectivity index (χ0n) is 2.26. The normalized spacial score (nSPS) is 1.00. The van der Waals surface area contributed by atoms with Crippen molar-refractivity contribution in [3.8, 4) is 0 Å². The molecule has 0 atom stereocenters. The Morgan fingerprint density at radius 1 is 1.25 bits per heavy atom. The summed E-state index contributed by atoms with van der Waals surface area (Å²) in [5, 5.41) is 0. The zero-order valence-corrected chi connectivity index (χ0v) is 6.37. The third-order valence-corrected chi connectivity index (χ3v) is 0. The van der Waals surface area contributed by atoms with Gasteiger partial charge >= 0.3 is 0 Å². The van der Waals surface area contributed by atoms with Gasteiger partial charge in [-0.05, 0) is 0 Å². The van der Waals surface area contributed by atoms with Crippen LogP contribution in [-0.2, 0) is 21.6 Å². The molecule has 0 saturated carbocycles. The molecule has 21 valence electrons. The second-order valence-corrected chi connectivity index (χ2v) is 0. The van der Waals surface area contributed by atoms with E-state index >= 15 is 0 Å². The van der Waals surface area contributed by atoms with E-state index in [0.29, 0.717) is 0 Å². The van der Waals surface area contributed by atoms with Gasteiger partial charge in [0.05, 0.1) is 0 Å². The molecule has 4 heavy (non-hydrogen) atoms. The maximum Gasteiger partial charge on any atom is 0.138 e. The molecule has 0 aromatic carbocycles. The van der Waals surface area contributed by atoms with Crippen LogP contribution in [0, 0.1) is 0 Å². The molecule has 0 spiro atoms. The summed E-state index contributed by atoms with van der Waals surface area (Å²) in [7, 11) is 1.72. The summed E-state index contributed by atoms with van der Waals surface area (Å²) < 4.78 is 8.06. The Labute approximate surface area is 59.9 Å². The fraction of sp³-hybridized carbons (Fsp3) is 0. The van der Waals surface area contributed by atoms with Gasteiger partial charge in [-0.25, -0.2) is 0 Å². The van der Waals surface area contributed by atoms with E-state index in [4.69, 9.17) is 4.57 Å². The van der Waals surface area contributed by atoms with E-state index in [-0.39, 0.29) is 46.6 Å². The molecule has 0 N–H and O–H groups in total. The van der Waals surface area contributed by atoms with Gasteiger partial charge in [0.25, 0.3) is 0 Å². The van der Waals surface area contributed by atoms with Gasteiger partial charge in [0, 0.05) is 46.6 Å². The van der Waals surface area contributed by atoms with Crippen molar-refractivity contribution in [3.05, 3.63) is 0 Å². The van der Waals surface area contributed by atoms with Gasteiger partial charge in [-0.15, -0.1) is 0 Å². The molecule has 4 heteroatoms. The fourth-order valence-corrected chi connectivity index (χ4v) is 0. The molecule has 1 nitrogen and oxygen atoms in total. The molecule has 1 radical (unpaired) electrons. The minimum atomic E-state index is 0. The molecule has 0 aliphatic carbocycles. The summed E-state index contributed by atoms with van der Waals surface area (Å²) in [5.74, 6) is 0. The summed E-state index contributed by atoms with van der Waals surface area (Å²) in [6.45, 7) is 0. The van der Waals surface area contributed by atoms with Crippen molar-refractivity contribution in [1.82, 2.24) is 0 Å². The first-order chi connectivity index (χ1) is 1.00.